The van der Waals surface area contributed by atoms with Crippen molar-refractivity contribution in [2.75, 3.05) is 31.1 Å². The molecule has 0 aromatic rings. The molecule has 378 valence electrons. The molecule has 2 rings (SSSR count). The summed E-state index contributed by atoms with van der Waals surface area (Å²) in [6, 6.07) is -10.3. The quantitative estimate of drug-likeness (QED) is 0.0314. The number of rotatable bonds is 29. The van der Waals surface area contributed by atoms with Crippen molar-refractivity contribution in [3.63, 3.8) is 0 Å². The molecule has 17 N–H and O–H groups in total. The third-order valence-corrected chi connectivity index (χ3v) is 12.5. The Morgan fingerprint density at radius 1 is 0.627 bits per heavy atom. The summed E-state index contributed by atoms with van der Waals surface area (Å²) in [6.07, 6.45) is 4.33. The van der Waals surface area contributed by atoms with E-state index in [1.54, 1.807) is 13.8 Å². The number of carbonyl (C=O) groups excluding carboxylic acids is 11. The van der Waals surface area contributed by atoms with E-state index in [2.05, 4.69) is 62.5 Å². The van der Waals surface area contributed by atoms with Crippen LogP contribution >= 0.6 is 25.3 Å². The van der Waals surface area contributed by atoms with Crippen LogP contribution in [0.2, 0.25) is 0 Å². The summed E-state index contributed by atoms with van der Waals surface area (Å²) >= 11 is 8.31. The first-order chi connectivity index (χ1) is 31.7. The van der Waals surface area contributed by atoms with Crippen molar-refractivity contribution < 1.29 is 52.7 Å². The van der Waals surface area contributed by atoms with Gasteiger partial charge in [0, 0.05) is 24.5 Å². The molecule has 1 saturated carbocycles. The first kappa shape index (κ1) is 57.9. The van der Waals surface area contributed by atoms with E-state index in [-0.39, 0.29) is 49.8 Å². The molecule has 67 heavy (non-hydrogen) atoms. The van der Waals surface area contributed by atoms with Crippen LogP contribution in [-0.2, 0) is 52.7 Å². The molecule has 0 unspecified atom stereocenters. The van der Waals surface area contributed by atoms with Crippen LogP contribution < -0.4 is 65.9 Å². The Kier molecular flexibility index (Phi) is 25.5. The Hall–Kier alpha value is -5.21. The van der Waals surface area contributed by atoms with Gasteiger partial charge in [-0.3, -0.25) is 52.7 Å². The summed E-state index contributed by atoms with van der Waals surface area (Å²) in [6.45, 7) is 3.04. The molecule has 1 saturated heterocycles. The summed E-state index contributed by atoms with van der Waals surface area (Å²) in [5.74, 6) is -9.78. The van der Waals surface area contributed by atoms with Crippen LogP contribution in [0.15, 0.2) is 0 Å². The Balaban J connectivity index is 2.31. The van der Waals surface area contributed by atoms with E-state index in [1.807, 2.05) is 0 Å². The van der Waals surface area contributed by atoms with Gasteiger partial charge >= 0.3 is 0 Å². The lowest BCUT2D eigenvalue weighted by Crippen LogP contribution is -2.61. The maximum atomic E-state index is 14.0. The maximum Gasteiger partial charge on any atom is 0.246 e. The lowest BCUT2D eigenvalue weighted by atomic mass is 9.84. The van der Waals surface area contributed by atoms with Gasteiger partial charge in [-0.25, -0.2) is 0 Å². The predicted molar refractivity (Wildman–Crippen MR) is 251 cm³/mol. The second-order valence-electron chi connectivity index (χ2n) is 17.0. The zero-order chi connectivity index (χ0) is 50.4. The van der Waals surface area contributed by atoms with Gasteiger partial charge in [-0.2, -0.15) is 25.3 Å². The number of nitrogens with one attached hydrogen (secondary N) is 7. The van der Waals surface area contributed by atoms with Crippen LogP contribution in [0.4, 0.5) is 0 Å². The normalized spacial score (nSPS) is 18.5. The van der Waals surface area contributed by atoms with Gasteiger partial charge < -0.3 is 70.8 Å². The number of nitrogens with two attached hydrogens (primary N) is 5. The lowest BCUT2D eigenvalue weighted by molar-refractivity contribution is -0.142. The third kappa shape index (κ3) is 19.5. The largest absolute Gasteiger partial charge is 0.370 e. The molecule has 11 amide bonds. The smallest absolute Gasteiger partial charge is 0.246 e. The Labute approximate surface area is 401 Å². The molecule has 0 aromatic carbocycles. The highest BCUT2D eigenvalue weighted by molar-refractivity contribution is 7.80. The average molecular weight is 986 g/mol. The van der Waals surface area contributed by atoms with Gasteiger partial charge in [0.2, 0.25) is 65.0 Å². The zero-order valence-corrected chi connectivity index (χ0v) is 40.0. The number of thiol groups is 2. The van der Waals surface area contributed by atoms with Crippen molar-refractivity contribution in [3.8, 4) is 0 Å². The van der Waals surface area contributed by atoms with E-state index in [0.29, 0.717) is 19.3 Å². The maximum absolute atomic E-state index is 14.0. The third-order valence-electron chi connectivity index (χ3n) is 11.8. The molecule has 1 aliphatic carbocycles. The SMILES string of the molecule is CC[C@H](C)[C@H](NC(=O)[C@H](CC1CCCCC1)NC(=O)[C@@H](N)CS)C(=O)N[C@@H](CCC(N)=O)C(=O)N[C@@H](CC(N)=O)C(=O)N[C@@H](CS)C(=O)N1CCC[C@H]1C(=O)N[C@@H](CCN)C(=O)NCC(N)=O. The lowest BCUT2D eigenvalue weighted by Gasteiger charge is -2.31. The summed E-state index contributed by atoms with van der Waals surface area (Å²) < 4.78 is 0. The monoisotopic (exact) mass is 985 g/mol. The Morgan fingerprint density at radius 3 is 1.78 bits per heavy atom. The molecule has 2 fully saturated rings. The molecule has 0 radical (unpaired) electrons. The van der Waals surface area contributed by atoms with Gasteiger partial charge in [0.05, 0.1) is 19.0 Å². The number of hydrogen-bond acceptors (Lipinski definition) is 15. The van der Waals surface area contributed by atoms with E-state index in [9.17, 15) is 52.7 Å². The minimum atomic E-state index is -1.74. The number of primary amides is 3. The van der Waals surface area contributed by atoms with Crippen molar-refractivity contribution in [2.45, 2.75) is 146 Å². The first-order valence-electron chi connectivity index (χ1n) is 22.6. The van der Waals surface area contributed by atoms with Crippen molar-refractivity contribution in [1.29, 1.82) is 0 Å². The molecule has 24 nitrogen and oxygen atoms in total. The van der Waals surface area contributed by atoms with Gasteiger partial charge in [0.1, 0.15) is 42.3 Å². The van der Waals surface area contributed by atoms with Crippen LogP contribution in [0.25, 0.3) is 0 Å². The Bertz CT molecular complexity index is 1770. The molecular weight excluding hydrogens is 915 g/mol. The molecule has 0 aromatic heterocycles. The van der Waals surface area contributed by atoms with Crippen LogP contribution in [-0.4, -0.2) is 149 Å². The predicted octanol–water partition coefficient (Wildman–Crippen LogP) is -4.82. The number of hydrogen-bond donors (Lipinski definition) is 14. The van der Waals surface area contributed by atoms with Crippen molar-refractivity contribution in [2.24, 2.45) is 40.5 Å². The number of likely N-dealkylation sites (tertiary alicyclic amines) is 1. The first-order valence-corrected chi connectivity index (χ1v) is 23.9. The molecule has 9 atom stereocenters. The van der Waals surface area contributed by atoms with Gasteiger partial charge in [0.15, 0.2) is 0 Å². The topological polar surface area (TPSA) is 405 Å². The zero-order valence-electron chi connectivity index (χ0n) is 38.2. The number of nitrogens with zero attached hydrogens (tertiary/aromatic N) is 1. The molecule has 26 heteroatoms. The summed E-state index contributed by atoms with van der Waals surface area (Å²) in [5, 5.41) is 17.6. The number of carbonyl (C=O) groups is 11. The average Bonchev–Trinajstić information content (AvgIpc) is 3.79. The van der Waals surface area contributed by atoms with E-state index >= 15 is 0 Å². The van der Waals surface area contributed by atoms with Gasteiger partial charge in [0.25, 0.3) is 0 Å². The van der Waals surface area contributed by atoms with Gasteiger partial charge in [-0.1, -0.05) is 52.4 Å². The van der Waals surface area contributed by atoms with Crippen LogP contribution in [0.3, 0.4) is 0 Å². The Morgan fingerprint density at radius 2 is 1.21 bits per heavy atom. The van der Waals surface area contributed by atoms with Crippen LogP contribution in [0.1, 0.15) is 97.3 Å². The van der Waals surface area contributed by atoms with E-state index < -0.39 is 139 Å². The minimum absolute atomic E-state index is 0.00378. The molecule has 0 bridgehead atoms. The van der Waals surface area contributed by atoms with Crippen molar-refractivity contribution >= 4 is 90.2 Å². The van der Waals surface area contributed by atoms with Crippen molar-refractivity contribution in [3.05, 3.63) is 0 Å². The fraction of sp³-hybridized carbons (Fsp3) is 0.732. The van der Waals surface area contributed by atoms with Crippen molar-refractivity contribution in [1.82, 2.24) is 42.1 Å². The molecular formula is C41H71N13O11S2. The standard InChI is InChI=1S/C41H71N13O11S2/c1-3-21(2)33(53-38(62)26(50-34(58)23(43)19-66)16-22-8-5-4-6-9-22)40(64)49-24(11-12-30(44)55)36(60)51-27(17-31(45)56)37(61)52-28(20-67)41(65)54-15-7-10-29(54)39(63)48-25(13-14-42)35(59)47-18-32(46)57/h21-29,33,66-67H,3-20,42-43H2,1-2H3,(H2,44,55)(H2,45,56)(H2,46,57)(H,47,59)(H,48,63)(H,49,64)(H,50,58)(H,51,60)(H,52,61)(H,53,62)/t21-,23-,24-,25-,26-,27-,28-,29-,33-/m0/s1. The fourth-order valence-corrected chi connectivity index (χ4v) is 8.18. The summed E-state index contributed by atoms with van der Waals surface area (Å²) in [5.41, 5.74) is 27.5. The highest BCUT2D eigenvalue weighted by Gasteiger charge is 2.40. The molecule has 2 aliphatic rings. The van der Waals surface area contributed by atoms with E-state index in [1.165, 1.54) is 4.90 Å². The second-order valence-corrected chi connectivity index (χ2v) is 17.7. The summed E-state index contributed by atoms with van der Waals surface area (Å²) in [7, 11) is 0. The van der Waals surface area contributed by atoms with E-state index in [4.69, 9.17) is 28.7 Å². The molecule has 1 heterocycles. The highest BCUT2D eigenvalue weighted by atomic mass is 32.1. The molecule has 1 aliphatic heterocycles. The highest BCUT2D eigenvalue weighted by Crippen LogP contribution is 2.28. The van der Waals surface area contributed by atoms with Gasteiger partial charge in [-0.05, 0) is 50.5 Å². The second kappa shape index (κ2) is 29.5. The summed E-state index contributed by atoms with van der Waals surface area (Å²) in [4.78, 5) is 145. The van der Waals surface area contributed by atoms with E-state index in [0.717, 1.165) is 32.1 Å². The molecule has 0 spiro atoms. The number of amides is 11. The van der Waals surface area contributed by atoms with Crippen LogP contribution in [0.5, 0.6) is 0 Å². The van der Waals surface area contributed by atoms with Crippen LogP contribution in [0, 0.1) is 11.8 Å². The van der Waals surface area contributed by atoms with Gasteiger partial charge in [-0.15, -0.1) is 0 Å². The fourth-order valence-electron chi connectivity index (χ4n) is 7.77. The minimum Gasteiger partial charge on any atom is -0.370 e.